The van der Waals surface area contributed by atoms with Crippen molar-refractivity contribution in [2.45, 2.75) is 31.3 Å². The fourth-order valence-corrected chi connectivity index (χ4v) is 2.62. The summed E-state index contributed by atoms with van der Waals surface area (Å²) in [5.74, 6) is 0.0592. The highest BCUT2D eigenvalue weighted by atomic mass is 35.5. The molecule has 1 heterocycles. The highest BCUT2D eigenvalue weighted by Crippen LogP contribution is 2.31. The molecule has 1 atom stereocenters. The van der Waals surface area contributed by atoms with Crippen LogP contribution in [0, 0.1) is 11.3 Å². The molecule has 0 spiro atoms. The van der Waals surface area contributed by atoms with Gasteiger partial charge < -0.3 is 10.2 Å². The van der Waals surface area contributed by atoms with Gasteiger partial charge in [-0.1, -0.05) is 11.6 Å². The van der Waals surface area contributed by atoms with Gasteiger partial charge in [0, 0.05) is 12.6 Å². The second-order valence-electron chi connectivity index (χ2n) is 5.05. The van der Waals surface area contributed by atoms with E-state index in [2.05, 4.69) is 11.4 Å². The van der Waals surface area contributed by atoms with Gasteiger partial charge in [0.2, 0.25) is 5.91 Å². The minimum Gasteiger partial charge on any atom is -0.309 e. The summed E-state index contributed by atoms with van der Waals surface area (Å²) in [4.78, 5) is 14.0. The van der Waals surface area contributed by atoms with Crippen molar-refractivity contribution in [3.05, 3.63) is 28.8 Å². The second kappa shape index (κ2) is 4.84. The molecule has 1 aliphatic carbocycles. The van der Waals surface area contributed by atoms with E-state index in [-0.39, 0.29) is 11.9 Å². The molecule has 0 aromatic heterocycles. The number of benzene rings is 1. The van der Waals surface area contributed by atoms with E-state index in [9.17, 15) is 4.79 Å². The van der Waals surface area contributed by atoms with Gasteiger partial charge in [-0.05, 0) is 37.5 Å². The summed E-state index contributed by atoms with van der Waals surface area (Å²) in [6.07, 6.45) is 3.12. The highest BCUT2D eigenvalue weighted by molar-refractivity contribution is 6.34. The third-order valence-corrected chi connectivity index (χ3v) is 3.91. The van der Waals surface area contributed by atoms with Gasteiger partial charge in [0.1, 0.15) is 0 Å². The lowest BCUT2D eigenvalue weighted by molar-refractivity contribution is -0.118. The van der Waals surface area contributed by atoms with Gasteiger partial charge >= 0.3 is 0 Å². The van der Waals surface area contributed by atoms with Crippen molar-refractivity contribution >= 4 is 23.2 Å². The molecule has 1 N–H and O–H groups in total. The zero-order valence-corrected chi connectivity index (χ0v) is 11.2. The predicted octanol–water partition coefficient (Wildman–Crippen LogP) is 2.07. The van der Waals surface area contributed by atoms with E-state index in [4.69, 9.17) is 16.9 Å². The molecule has 98 valence electrons. The van der Waals surface area contributed by atoms with Crippen LogP contribution in [0.5, 0.6) is 0 Å². The molecule has 3 rings (SSSR count). The van der Waals surface area contributed by atoms with E-state index < -0.39 is 0 Å². The Hall–Kier alpha value is -1.57. The van der Waals surface area contributed by atoms with Crippen LogP contribution in [0.3, 0.4) is 0 Å². The summed E-state index contributed by atoms with van der Waals surface area (Å²) >= 11 is 6.14. The Balaban J connectivity index is 1.82. The van der Waals surface area contributed by atoms with Gasteiger partial charge in [0.25, 0.3) is 0 Å². The van der Waals surface area contributed by atoms with E-state index in [0.29, 0.717) is 28.9 Å². The molecule has 19 heavy (non-hydrogen) atoms. The quantitative estimate of drug-likeness (QED) is 0.919. The second-order valence-corrected chi connectivity index (χ2v) is 5.46. The Labute approximate surface area is 117 Å². The number of hydrogen-bond acceptors (Lipinski definition) is 3. The molecule has 1 saturated heterocycles. The van der Waals surface area contributed by atoms with Crippen LogP contribution in [-0.4, -0.2) is 24.5 Å². The maximum Gasteiger partial charge on any atom is 0.244 e. The summed E-state index contributed by atoms with van der Waals surface area (Å²) in [5.41, 5.74) is 1.16. The van der Waals surface area contributed by atoms with Crippen molar-refractivity contribution in [3.63, 3.8) is 0 Å². The first kappa shape index (κ1) is 12.5. The van der Waals surface area contributed by atoms with Crippen molar-refractivity contribution in [3.8, 4) is 6.07 Å². The molecule has 5 heteroatoms. The number of nitriles is 1. The first-order chi connectivity index (χ1) is 9.19. The monoisotopic (exact) mass is 275 g/mol. The molecule has 0 radical (unpaired) electrons. The third-order valence-electron chi connectivity index (χ3n) is 3.59. The van der Waals surface area contributed by atoms with Gasteiger partial charge in [0.15, 0.2) is 0 Å². The molecular formula is C14H14ClN3O. The minimum atomic E-state index is -0.102. The SMILES string of the molecule is N#Cc1ccc(Cl)c(N2CCC(NC3CC3)C2=O)c1. The maximum atomic E-state index is 12.3. The van der Waals surface area contributed by atoms with Crippen LogP contribution in [-0.2, 0) is 4.79 Å². The number of amides is 1. The van der Waals surface area contributed by atoms with E-state index >= 15 is 0 Å². The van der Waals surface area contributed by atoms with Crippen molar-refractivity contribution in [1.82, 2.24) is 5.32 Å². The first-order valence-electron chi connectivity index (χ1n) is 6.46. The molecule has 0 bridgehead atoms. The Morgan fingerprint density at radius 2 is 2.16 bits per heavy atom. The van der Waals surface area contributed by atoms with Crippen molar-refractivity contribution in [2.75, 3.05) is 11.4 Å². The lowest BCUT2D eigenvalue weighted by Crippen LogP contribution is -2.39. The normalized spacial score (nSPS) is 22.6. The molecule has 1 aromatic carbocycles. The third kappa shape index (κ3) is 2.44. The molecular weight excluding hydrogens is 262 g/mol. The molecule has 1 aliphatic heterocycles. The van der Waals surface area contributed by atoms with E-state index in [1.165, 1.54) is 0 Å². The smallest absolute Gasteiger partial charge is 0.244 e. The Morgan fingerprint density at radius 1 is 1.37 bits per heavy atom. The highest BCUT2D eigenvalue weighted by Gasteiger charge is 2.36. The van der Waals surface area contributed by atoms with Crippen molar-refractivity contribution in [2.24, 2.45) is 0 Å². The predicted molar refractivity (Wildman–Crippen MR) is 73.1 cm³/mol. The van der Waals surface area contributed by atoms with Crippen LogP contribution < -0.4 is 10.2 Å². The fourth-order valence-electron chi connectivity index (χ4n) is 2.40. The Bertz CT molecular complexity index is 562. The zero-order chi connectivity index (χ0) is 13.4. The summed E-state index contributed by atoms with van der Waals surface area (Å²) in [7, 11) is 0. The zero-order valence-electron chi connectivity index (χ0n) is 10.4. The average molecular weight is 276 g/mol. The van der Waals surface area contributed by atoms with Gasteiger partial charge in [-0.15, -0.1) is 0 Å². The molecule has 4 nitrogen and oxygen atoms in total. The van der Waals surface area contributed by atoms with E-state index in [1.54, 1.807) is 23.1 Å². The summed E-state index contributed by atoms with van der Waals surface area (Å²) in [5, 5.41) is 12.8. The largest absolute Gasteiger partial charge is 0.309 e. The number of nitrogens with zero attached hydrogens (tertiary/aromatic N) is 2. The molecule has 1 amide bonds. The van der Waals surface area contributed by atoms with Crippen molar-refractivity contribution < 1.29 is 4.79 Å². The minimum absolute atomic E-state index is 0.0592. The van der Waals surface area contributed by atoms with Crippen LogP contribution in [0.4, 0.5) is 5.69 Å². The van der Waals surface area contributed by atoms with Gasteiger partial charge in [-0.2, -0.15) is 5.26 Å². The standard InChI is InChI=1S/C14H14ClN3O/c15-11-4-1-9(8-16)7-13(11)18-6-5-12(14(18)19)17-10-2-3-10/h1,4,7,10,12,17H,2-3,5-6H2. The summed E-state index contributed by atoms with van der Waals surface area (Å²) in [6.45, 7) is 0.651. The Morgan fingerprint density at radius 3 is 2.84 bits per heavy atom. The van der Waals surface area contributed by atoms with Gasteiger partial charge in [0.05, 0.1) is 28.4 Å². The summed E-state index contributed by atoms with van der Waals surface area (Å²) in [6, 6.07) is 7.49. The van der Waals surface area contributed by atoms with Crippen LogP contribution in [0.2, 0.25) is 5.02 Å². The number of hydrogen-bond donors (Lipinski definition) is 1. The number of nitrogens with one attached hydrogen (secondary N) is 1. The van der Waals surface area contributed by atoms with Crippen LogP contribution in [0.25, 0.3) is 0 Å². The number of anilines is 1. The first-order valence-corrected chi connectivity index (χ1v) is 6.84. The van der Waals surface area contributed by atoms with Crippen LogP contribution in [0.15, 0.2) is 18.2 Å². The van der Waals surface area contributed by atoms with E-state index in [1.807, 2.05) is 0 Å². The molecule has 2 aliphatic rings. The fraction of sp³-hybridized carbons (Fsp3) is 0.429. The molecule has 1 unspecified atom stereocenters. The lowest BCUT2D eigenvalue weighted by Gasteiger charge is -2.18. The average Bonchev–Trinajstić information content (AvgIpc) is 3.16. The maximum absolute atomic E-state index is 12.3. The molecule has 1 saturated carbocycles. The number of carbonyl (C=O) groups is 1. The van der Waals surface area contributed by atoms with Crippen LogP contribution in [0.1, 0.15) is 24.8 Å². The lowest BCUT2D eigenvalue weighted by atomic mass is 10.2. The Kier molecular flexibility index (Phi) is 3.17. The van der Waals surface area contributed by atoms with Crippen molar-refractivity contribution in [1.29, 1.82) is 5.26 Å². The van der Waals surface area contributed by atoms with E-state index in [0.717, 1.165) is 19.3 Å². The number of halogens is 1. The number of rotatable bonds is 3. The molecule has 2 fully saturated rings. The molecule has 1 aromatic rings. The van der Waals surface area contributed by atoms with Crippen LogP contribution >= 0.6 is 11.6 Å². The van der Waals surface area contributed by atoms with Gasteiger partial charge in [-0.25, -0.2) is 0 Å². The topological polar surface area (TPSA) is 56.1 Å². The number of carbonyl (C=O) groups excluding carboxylic acids is 1. The summed E-state index contributed by atoms with van der Waals surface area (Å²) < 4.78 is 0. The van der Waals surface area contributed by atoms with Gasteiger partial charge in [-0.3, -0.25) is 4.79 Å².